The van der Waals surface area contributed by atoms with E-state index in [4.69, 9.17) is 4.74 Å². The van der Waals surface area contributed by atoms with Crippen molar-refractivity contribution in [2.24, 2.45) is 0 Å². The second-order valence-corrected chi connectivity index (χ2v) is 6.58. The fourth-order valence-corrected chi connectivity index (χ4v) is 2.75. The number of hydrogen-bond acceptors (Lipinski definition) is 3. The molecule has 2 N–H and O–H groups in total. The van der Waals surface area contributed by atoms with Gasteiger partial charge in [0.2, 0.25) is 0 Å². The van der Waals surface area contributed by atoms with Crippen molar-refractivity contribution in [3.8, 4) is 11.5 Å². The summed E-state index contributed by atoms with van der Waals surface area (Å²) in [6, 6.07) is 23.8. The molecule has 0 aliphatic heterocycles. The van der Waals surface area contributed by atoms with Crippen molar-refractivity contribution < 1.29 is 14.6 Å². The molecule has 3 rings (SSSR count). The Kier molecular flexibility index (Phi) is 4.94. The molecule has 0 unspecified atom stereocenters. The molecule has 0 saturated heterocycles. The summed E-state index contributed by atoms with van der Waals surface area (Å²) < 4.78 is 5.22. The average Bonchev–Trinajstić information content (AvgIpc) is 2.63. The van der Waals surface area contributed by atoms with Crippen LogP contribution in [0.5, 0.6) is 11.5 Å². The number of phenols is 1. The van der Waals surface area contributed by atoms with Gasteiger partial charge in [0.25, 0.3) is 0 Å². The predicted octanol–water partition coefficient (Wildman–Crippen LogP) is 5.33. The largest absolute Gasteiger partial charge is 0.508 e. The highest BCUT2D eigenvalue weighted by Gasteiger charge is 2.23. The van der Waals surface area contributed by atoms with Crippen LogP contribution in [-0.2, 0) is 5.41 Å². The number of nitrogens with one attached hydrogen (secondary N) is 1. The first-order chi connectivity index (χ1) is 12.4. The number of phenolic OH excluding ortho intramolecular Hbond substituents is 1. The Hall–Kier alpha value is -3.27. The van der Waals surface area contributed by atoms with Gasteiger partial charge in [-0.2, -0.15) is 0 Å². The zero-order valence-corrected chi connectivity index (χ0v) is 14.8. The number of para-hydroxylation sites is 1. The number of carbonyl (C=O) groups excluding carboxylic acids is 1. The smallest absolute Gasteiger partial charge is 0.417 e. The van der Waals surface area contributed by atoms with Crippen LogP contribution >= 0.6 is 0 Å². The SMILES string of the molecule is CC(C)(c1ccc(O)cc1)c1ccc(NC(=O)Oc2ccccc2)cc1. The highest BCUT2D eigenvalue weighted by atomic mass is 16.6. The first-order valence-corrected chi connectivity index (χ1v) is 8.39. The van der Waals surface area contributed by atoms with E-state index in [-0.39, 0.29) is 11.2 Å². The molecule has 4 heteroatoms. The minimum absolute atomic E-state index is 0.225. The lowest BCUT2D eigenvalue weighted by Crippen LogP contribution is -2.19. The van der Waals surface area contributed by atoms with E-state index in [1.54, 1.807) is 24.3 Å². The van der Waals surface area contributed by atoms with Gasteiger partial charge in [0.15, 0.2) is 0 Å². The molecule has 0 atom stereocenters. The van der Waals surface area contributed by atoms with Gasteiger partial charge in [-0.3, -0.25) is 5.32 Å². The maximum Gasteiger partial charge on any atom is 0.417 e. The predicted molar refractivity (Wildman–Crippen MR) is 103 cm³/mol. The third kappa shape index (κ3) is 4.03. The van der Waals surface area contributed by atoms with Crippen LogP contribution in [0, 0.1) is 0 Å². The van der Waals surface area contributed by atoms with Gasteiger partial charge in [-0.15, -0.1) is 0 Å². The van der Waals surface area contributed by atoms with E-state index in [2.05, 4.69) is 19.2 Å². The van der Waals surface area contributed by atoms with Crippen LogP contribution in [0.3, 0.4) is 0 Å². The van der Waals surface area contributed by atoms with Gasteiger partial charge in [0.05, 0.1) is 0 Å². The number of anilines is 1. The van der Waals surface area contributed by atoms with E-state index in [1.807, 2.05) is 54.6 Å². The van der Waals surface area contributed by atoms with Crippen LogP contribution < -0.4 is 10.1 Å². The summed E-state index contributed by atoms with van der Waals surface area (Å²) in [5, 5.41) is 12.2. The van der Waals surface area contributed by atoms with Gasteiger partial charge >= 0.3 is 6.09 Å². The Morgan fingerprint density at radius 3 is 1.96 bits per heavy atom. The Morgan fingerprint density at radius 1 is 0.846 bits per heavy atom. The zero-order valence-electron chi connectivity index (χ0n) is 14.8. The molecule has 1 amide bonds. The summed E-state index contributed by atoms with van der Waals surface area (Å²) in [4.78, 5) is 12.0. The summed E-state index contributed by atoms with van der Waals surface area (Å²) in [6.45, 7) is 4.23. The number of amides is 1. The maximum atomic E-state index is 12.0. The van der Waals surface area contributed by atoms with Crippen molar-refractivity contribution in [1.29, 1.82) is 0 Å². The Labute approximate surface area is 153 Å². The quantitative estimate of drug-likeness (QED) is 0.671. The van der Waals surface area contributed by atoms with Gasteiger partial charge in [-0.05, 0) is 47.5 Å². The number of aromatic hydroxyl groups is 1. The van der Waals surface area contributed by atoms with E-state index < -0.39 is 6.09 Å². The number of carbonyl (C=O) groups is 1. The normalized spacial score (nSPS) is 11.0. The van der Waals surface area contributed by atoms with Crippen molar-refractivity contribution in [2.45, 2.75) is 19.3 Å². The molecule has 26 heavy (non-hydrogen) atoms. The fraction of sp³-hybridized carbons (Fsp3) is 0.136. The number of hydrogen-bond donors (Lipinski definition) is 2. The fourth-order valence-electron chi connectivity index (χ4n) is 2.75. The molecule has 0 aromatic heterocycles. The number of ether oxygens (including phenoxy) is 1. The molecule has 3 aromatic rings. The molecule has 0 heterocycles. The second kappa shape index (κ2) is 7.31. The van der Waals surface area contributed by atoms with Gasteiger partial charge in [-0.1, -0.05) is 56.3 Å². The van der Waals surface area contributed by atoms with Crippen molar-refractivity contribution in [3.63, 3.8) is 0 Å². The molecule has 0 fully saturated rings. The lowest BCUT2D eigenvalue weighted by atomic mass is 9.78. The summed E-state index contributed by atoms with van der Waals surface area (Å²) in [7, 11) is 0. The van der Waals surface area contributed by atoms with Gasteiger partial charge in [0.1, 0.15) is 11.5 Å². The maximum absolute atomic E-state index is 12.0. The van der Waals surface area contributed by atoms with Gasteiger partial charge in [-0.25, -0.2) is 4.79 Å². The third-order valence-corrected chi connectivity index (χ3v) is 4.40. The molecule has 0 radical (unpaired) electrons. The Morgan fingerprint density at radius 2 is 1.38 bits per heavy atom. The van der Waals surface area contributed by atoms with Crippen LogP contribution in [0.4, 0.5) is 10.5 Å². The van der Waals surface area contributed by atoms with E-state index in [0.29, 0.717) is 11.4 Å². The molecule has 132 valence electrons. The van der Waals surface area contributed by atoms with Gasteiger partial charge in [0, 0.05) is 11.1 Å². The Balaban J connectivity index is 1.69. The van der Waals surface area contributed by atoms with E-state index in [1.165, 1.54) is 0 Å². The average molecular weight is 347 g/mol. The van der Waals surface area contributed by atoms with Crippen molar-refractivity contribution in [1.82, 2.24) is 0 Å². The van der Waals surface area contributed by atoms with Crippen molar-refractivity contribution in [3.05, 3.63) is 90.0 Å². The van der Waals surface area contributed by atoms with Crippen LogP contribution in [0.15, 0.2) is 78.9 Å². The number of rotatable bonds is 4. The molecule has 0 saturated carbocycles. The first kappa shape index (κ1) is 17.5. The minimum Gasteiger partial charge on any atom is -0.508 e. The van der Waals surface area contributed by atoms with E-state index >= 15 is 0 Å². The lowest BCUT2D eigenvalue weighted by molar-refractivity contribution is 0.215. The van der Waals surface area contributed by atoms with Crippen LogP contribution in [0.1, 0.15) is 25.0 Å². The van der Waals surface area contributed by atoms with Crippen LogP contribution in [0.2, 0.25) is 0 Å². The summed E-state index contributed by atoms with van der Waals surface area (Å²) in [5.41, 5.74) is 2.64. The summed E-state index contributed by atoms with van der Waals surface area (Å²) in [6.07, 6.45) is -0.526. The summed E-state index contributed by atoms with van der Waals surface area (Å²) >= 11 is 0. The molecular weight excluding hydrogens is 326 g/mol. The third-order valence-electron chi connectivity index (χ3n) is 4.40. The van der Waals surface area contributed by atoms with E-state index in [0.717, 1.165) is 11.1 Å². The van der Waals surface area contributed by atoms with Gasteiger partial charge < -0.3 is 9.84 Å². The second-order valence-electron chi connectivity index (χ2n) is 6.58. The van der Waals surface area contributed by atoms with Crippen molar-refractivity contribution >= 4 is 11.8 Å². The molecule has 0 spiro atoms. The minimum atomic E-state index is -0.526. The molecular formula is C22H21NO3. The van der Waals surface area contributed by atoms with E-state index in [9.17, 15) is 9.90 Å². The molecule has 0 aliphatic rings. The molecule has 0 bridgehead atoms. The highest BCUT2D eigenvalue weighted by molar-refractivity contribution is 5.86. The van der Waals surface area contributed by atoms with Crippen LogP contribution in [-0.4, -0.2) is 11.2 Å². The zero-order chi connectivity index (χ0) is 18.6. The molecule has 3 aromatic carbocycles. The molecule has 0 aliphatic carbocycles. The standard InChI is InChI=1S/C22H21NO3/c1-22(2,17-10-14-19(24)15-11-17)16-8-12-18(13-9-16)23-21(25)26-20-6-4-3-5-7-20/h3-15,24H,1-2H3,(H,23,25). The summed E-state index contributed by atoms with van der Waals surface area (Å²) in [5.74, 6) is 0.746. The topological polar surface area (TPSA) is 58.6 Å². The first-order valence-electron chi connectivity index (χ1n) is 8.39. The van der Waals surface area contributed by atoms with Crippen LogP contribution in [0.25, 0.3) is 0 Å². The van der Waals surface area contributed by atoms with Crippen molar-refractivity contribution in [2.75, 3.05) is 5.32 Å². The number of benzene rings is 3. The lowest BCUT2D eigenvalue weighted by Gasteiger charge is -2.26. The monoisotopic (exact) mass is 347 g/mol. The highest BCUT2D eigenvalue weighted by Crippen LogP contribution is 2.32. The molecule has 4 nitrogen and oxygen atoms in total. The Bertz CT molecular complexity index is 870.